The van der Waals surface area contributed by atoms with Crippen molar-refractivity contribution in [2.45, 2.75) is 4.90 Å². The molecule has 0 atom stereocenters. The van der Waals surface area contributed by atoms with E-state index in [9.17, 15) is 4.79 Å². The summed E-state index contributed by atoms with van der Waals surface area (Å²) in [6.45, 7) is 0. The van der Waals surface area contributed by atoms with Crippen LogP contribution in [0, 0.1) is 0 Å². The quantitative estimate of drug-likeness (QED) is 0.594. The van der Waals surface area contributed by atoms with E-state index in [0.717, 1.165) is 0 Å². The van der Waals surface area contributed by atoms with Crippen molar-refractivity contribution in [3.05, 3.63) is 23.2 Å². The van der Waals surface area contributed by atoms with E-state index in [-0.39, 0.29) is 11.7 Å². The Balaban J connectivity index is 2.81. The highest BCUT2D eigenvalue weighted by Crippen LogP contribution is 2.31. The van der Waals surface area contributed by atoms with Crippen LogP contribution in [0.25, 0.3) is 0 Å². The first kappa shape index (κ1) is 10.2. The largest absolute Gasteiger partial charge is 0.398 e. The minimum atomic E-state index is -0.385. The maximum Gasteiger partial charge on any atom is 0.227 e. The van der Waals surface area contributed by atoms with Crippen molar-refractivity contribution in [3.63, 3.8) is 0 Å². The molecule has 0 aliphatic carbocycles. The van der Waals surface area contributed by atoms with Gasteiger partial charge in [0.2, 0.25) is 5.91 Å². The zero-order valence-corrected chi connectivity index (χ0v) is 8.36. The zero-order chi connectivity index (χ0) is 9.84. The molecule has 0 unspecified atom stereocenters. The van der Waals surface area contributed by atoms with Gasteiger partial charge in [0.1, 0.15) is 0 Å². The number of rotatable bonds is 3. The van der Waals surface area contributed by atoms with Crippen LogP contribution in [0.3, 0.4) is 0 Å². The van der Waals surface area contributed by atoms with Gasteiger partial charge in [0, 0.05) is 10.6 Å². The van der Waals surface area contributed by atoms with E-state index in [1.807, 2.05) is 0 Å². The summed E-state index contributed by atoms with van der Waals surface area (Å²) in [5, 5.41) is 0.547. The standard InChI is InChI=1S/C8H9ClN2OS/c9-5-2-1-3-6(10)8(5)13-4-7(11)12/h1-3H,4,10H2,(H2,11,12). The summed E-state index contributed by atoms with van der Waals surface area (Å²) in [4.78, 5) is 11.2. The van der Waals surface area contributed by atoms with E-state index >= 15 is 0 Å². The van der Waals surface area contributed by atoms with Gasteiger partial charge in [-0.3, -0.25) is 4.79 Å². The summed E-state index contributed by atoms with van der Waals surface area (Å²) in [5.41, 5.74) is 11.2. The molecule has 13 heavy (non-hydrogen) atoms. The number of nitrogens with two attached hydrogens (primary N) is 2. The van der Waals surface area contributed by atoms with Crippen LogP contribution >= 0.6 is 23.4 Å². The first-order valence-electron chi connectivity index (χ1n) is 3.56. The second kappa shape index (κ2) is 4.39. The highest BCUT2D eigenvalue weighted by atomic mass is 35.5. The SMILES string of the molecule is NC(=O)CSc1c(N)cccc1Cl. The van der Waals surface area contributed by atoms with Crippen molar-refractivity contribution in [1.29, 1.82) is 0 Å². The van der Waals surface area contributed by atoms with Crippen LogP contribution in [0.4, 0.5) is 5.69 Å². The van der Waals surface area contributed by atoms with Crippen LogP contribution in [0.15, 0.2) is 23.1 Å². The van der Waals surface area contributed by atoms with Gasteiger partial charge in [-0.05, 0) is 12.1 Å². The number of amides is 1. The molecule has 0 bridgehead atoms. The Hall–Kier alpha value is -0.870. The molecule has 0 spiro atoms. The van der Waals surface area contributed by atoms with E-state index in [0.29, 0.717) is 15.6 Å². The van der Waals surface area contributed by atoms with Crippen molar-refractivity contribution in [3.8, 4) is 0 Å². The van der Waals surface area contributed by atoms with Gasteiger partial charge >= 0.3 is 0 Å². The maximum absolute atomic E-state index is 10.5. The normalized spacial score (nSPS) is 9.92. The topological polar surface area (TPSA) is 69.1 Å². The molecule has 4 N–H and O–H groups in total. The highest BCUT2D eigenvalue weighted by molar-refractivity contribution is 8.00. The van der Waals surface area contributed by atoms with Crippen molar-refractivity contribution in [2.75, 3.05) is 11.5 Å². The predicted molar refractivity (Wildman–Crippen MR) is 55.8 cm³/mol. The molecule has 0 aliphatic heterocycles. The van der Waals surface area contributed by atoms with E-state index < -0.39 is 0 Å². The fourth-order valence-corrected chi connectivity index (χ4v) is 1.89. The minimum Gasteiger partial charge on any atom is -0.398 e. The molecule has 70 valence electrons. The third-order valence-electron chi connectivity index (χ3n) is 1.36. The van der Waals surface area contributed by atoms with Crippen molar-refractivity contribution < 1.29 is 4.79 Å². The lowest BCUT2D eigenvalue weighted by atomic mass is 10.3. The predicted octanol–water partition coefficient (Wildman–Crippen LogP) is 1.50. The highest BCUT2D eigenvalue weighted by Gasteiger charge is 2.06. The Kier molecular flexibility index (Phi) is 3.45. The van der Waals surface area contributed by atoms with Crippen LogP contribution in [0.1, 0.15) is 0 Å². The number of halogens is 1. The number of benzene rings is 1. The van der Waals surface area contributed by atoms with E-state index in [1.54, 1.807) is 18.2 Å². The van der Waals surface area contributed by atoms with Gasteiger partial charge in [-0.25, -0.2) is 0 Å². The second-order valence-electron chi connectivity index (χ2n) is 2.41. The van der Waals surface area contributed by atoms with E-state index in [2.05, 4.69) is 0 Å². The lowest BCUT2D eigenvalue weighted by Gasteiger charge is -2.05. The summed E-state index contributed by atoms with van der Waals surface area (Å²) in [7, 11) is 0. The Morgan fingerprint density at radius 1 is 1.54 bits per heavy atom. The van der Waals surface area contributed by atoms with Gasteiger partial charge in [-0.1, -0.05) is 17.7 Å². The number of hydrogen-bond acceptors (Lipinski definition) is 3. The molecule has 5 heteroatoms. The fourth-order valence-electron chi connectivity index (χ4n) is 0.821. The zero-order valence-electron chi connectivity index (χ0n) is 6.79. The van der Waals surface area contributed by atoms with Gasteiger partial charge in [-0.2, -0.15) is 0 Å². The summed E-state index contributed by atoms with van der Waals surface area (Å²) >= 11 is 7.11. The lowest BCUT2D eigenvalue weighted by molar-refractivity contribution is -0.115. The number of hydrogen-bond donors (Lipinski definition) is 2. The van der Waals surface area contributed by atoms with Crippen LogP contribution < -0.4 is 11.5 Å². The smallest absolute Gasteiger partial charge is 0.227 e. The molecule has 3 nitrogen and oxygen atoms in total. The molecule has 1 aromatic carbocycles. The van der Waals surface area contributed by atoms with Gasteiger partial charge in [0.25, 0.3) is 0 Å². The molecule has 0 fully saturated rings. The average molecular weight is 217 g/mol. The van der Waals surface area contributed by atoms with Crippen molar-refractivity contribution in [2.24, 2.45) is 5.73 Å². The monoisotopic (exact) mass is 216 g/mol. The molecular weight excluding hydrogens is 208 g/mol. The Morgan fingerprint density at radius 3 is 2.77 bits per heavy atom. The van der Waals surface area contributed by atoms with Crippen LogP contribution in [-0.4, -0.2) is 11.7 Å². The first-order valence-corrected chi connectivity index (χ1v) is 4.92. The van der Waals surface area contributed by atoms with Gasteiger partial charge in [-0.15, -0.1) is 11.8 Å². The van der Waals surface area contributed by atoms with Crippen molar-refractivity contribution in [1.82, 2.24) is 0 Å². The van der Waals surface area contributed by atoms with Gasteiger partial charge in [0.15, 0.2) is 0 Å². The van der Waals surface area contributed by atoms with Gasteiger partial charge in [0.05, 0.1) is 10.8 Å². The maximum atomic E-state index is 10.5. The molecule has 0 aliphatic rings. The summed E-state index contributed by atoms with van der Waals surface area (Å²) in [5.74, 6) is -0.196. The van der Waals surface area contributed by atoms with Gasteiger partial charge < -0.3 is 11.5 Å². The average Bonchev–Trinajstić information content (AvgIpc) is 2.03. The third-order valence-corrected chi connectivity index (χ3v) is 2.96. The van der Waals surface area contributed by atoms with Crippen LogP contribution in [-0.2, 0) is 4.79 Å². The molecule has 0 saturated carbocycles. The Morgan fingerprint density at radius 2 is 2.23 bits per heavy atom. The third kappa shape index (κ3) is 2.82. The minimum absolute atomic E-state index is 0.188. The van der Waals surface area contributed by atoms with E-state index in [1.165, 1.54) is 11.8 Å². The lowest BCUT2D eigenvalue weighted by Crippen LogP contribution is -2.13. The Bertz CT molecular complexity index is 310. The number of carbonyl (C=O) groups excluding carboxylic acids is 1. The fraction of sp³-hybridized carbons (Fsp3) is 0.125. The molecular formula is C8H9ClN2OS. The Labute approximate surface area is 85.4 Å². The molecule has 0 heterocycles. The molecule has 0 radical (unpaired) electrons. The molecule has 1 rings (SSSR count). The summed E-state index contributed by atoms with van der Waals surface area (Å²) < 4.78 is 0. The molecule has 0 aromatic heterocycles. The molecule has 1 aromatic rings. The van der Waals surface area contributed by atoms with Crippen LogP contribution in [0.5, 0.6) is 0 Å². The number of nitrogen functional groups attached to an aromatic ring is 1. The number of thioether (sulfide) groups is 1. The van der Waals surface area contributed by atoms with Crippen molar-refractivity contribution >= 4 is 35.0 Å². The summed E-state index contributed by atoms with van der Waals surface area (Å²) in [6, 6.07) is 5.21. The summed E-state index contributed by atoms with van der Waals surface area (Å²) in [6.07, 6.45) is 0. The van der Waals surface area contributed by atoms with E-state index in [4.69, 9.17) is 23.1 Å². The molecule has 1 amide bonds. The second-order valence-corrected chi connectivity index (χ2v) is 3.81. The van der Waals surface area contributed by atoms with Crippen LogP contribution in [0.2, 0.25) is 5.02 Å². The first-order chi connectivity index (χ1) is 6.11. The molecule has 0 saturated heterocycles. The number of anilines is 1. The number of primary amides is 1. The number of carbonyl (C=O) groups is 1.